The summed E-state index contributed by atoms with van der Waals surface area (Å²) in [7, 11) is 3.23. The Morgan fingerprint density at radius 1 is 1.08 bits per heavy atom. The summed E-state index contributed by atoms with van der Waals surface area (Å²) in [5.41, 5.74) is 0.695. The fourth-order valence-corrected chi connectivity index (χ4v) is 4.31. The number of carbonyl (C=O) groups is 1. The first-order valence-corrected chi connectivity index (χ1v) is 8.31. The van der Waals surface area contributed by atoms with Crippen LogP contribution in [0.2, 0.25) is 0 Å². The minimum absolute atomic E-state index is 0.162. The molecule has 0 unspecified atom stereocenters. The van der Waals surface area contributed by atoms with Crippen molar-refractivity contribution in [3.63, 3.8) is 0 Å². The van der Waals surface area contributed by atoms with E-state index in [-0.39, 0.29) is 17.5 Å². The zero-order valence-corrected chi connectivity index (χ0v) is 14.0. The van der Waals surface area contributed by atoms with Crippen molar-refractivity contribution in [1.82, 2.24) is 0 Å². The highest BCUT2D eigenvalue weighted by Crippen LogP contribution is 2.53. The van der Waals surface area contributed by atoms with Crippen LogP contribution in [0.5, 0.6) is 11.5 Å². The first-order valence-electron chi connectivity index (χ1n) is 8.31. The van der Waals surface area contributed by atoms with Crippen LogP contribution in [0, 0.1) is 0 Å². The van der Waals surface area contributed by atoms with Crippen molar-refractivity contribution in [2.75, 3.05) is 27.4 Å². The lowest BCUT2D eigenvalue weighted by molar-refractivity contribution is -0.205. The van der Waals surface area contributed by atoms with Gasteiger partial charge in [-0.3, -0.25) is 4.79 Å². The lowest BCUT2D eigenvalue weighted by Crippen LogP contribution is -2.49. The average Bonchev–Trinajstić information content (AvgIpc) is 3.18. The van der Waals surface area contributed by atoms with Crippen LogP contribution in [0.3, 0.4) is 0 Å². The van der Waals surface area contributed by atoms with Gasteiger partial charge < -0.3 is 23.7 Å². The van der Waals surface area contributed by atoms with Crippen molar-refractivity contribution >= 4 is 5.97 Å². The molecule has 3 fully saturated rings. The van der Waals surface area contributed by atoms with E-state index in [0.717, 1.165) is 18.4 Å². The molecule has 0 radical (unpaired) electrons. The summed E-state index contributed by atoms with van der Waals surface area (Å²) in [5.74, 6) is 0.588. The zero-order valence-electron chi connectivity index (χ0n) is 14.0. The minimum atomic E-state index is -0.588. The maximum Gasteiger partial charge on any atom is 0.307 e. The van der Waals surface area contributed by atoms with Crippen LogP contribution < -0.4 is 9.47 Å². The van der Waals surface area contributed by atoms with E-state index in [9.17, 15) is 4.79 Å². The highest BCUT2D eigenvalue weighted by Gasteiger charge is 2.58. The third-order valence-electron chi connectivity index (χ3n) is 5.57. The number of methoxy groups -OCH3 is 2. The van der Waals surface area contributed by atoms with Gasteiger partial charge in [0.05, 0.1) is 33.9 Å². The Hall–Kier alpha value is -1.79. The van der Waals surface area contributed by atoms with E-state index in [2.05, 4.69) is 0 Å². The van der Waals surface area contributed by atoms with Gasteiger partial charge in [-0.1, -0.05) is 6.07 Å². The van der Waals surface area contributed by atoms with Gasteiger partial charge in [-0.05, 0) is 24.1 Å². The largest absolute Gasteiger partial charge is 0.493 e. The monoisotopic (exact) mass is 334 g/mol. The number of rotatable bonds is 3. The topological polar surface area (TPSA) is 63.2 Å². The Balaban J connectivity index is 1.71. The van der Waals surface area contributed by atoms with Crippen molar-refractivity contribution in [3.05, 3.63) is 23.8 Å². The summed E-state index contributed by atoms with van der Waals surface area (Å²) in [6.45, 7) is 1.20. The highest BCUT2D eigenvalue weighted by atomic mass is 16.7. The molecule has 6 heteroatoms. The summed E-state index contributed by atoms with van der Waals surface area (Å²) in [4.78, 5) is 12.1. The van der Waals surface area contributed by atoms with E-state index < -0.39 is 5.79 Å². The van der Waals surface area contributed by atoms with E-state index >= 15 is 0 Å². The molecule has 0 bridgehead atoms. The number of hydrogen-bond donors (Lipinski definition) is 0. The molecule has 2 saturated heterocycles. The minimum Gasteiger partial charge on any atom is -0.493 e. The van der Waals surface area contributed by atoms with Crippen molar-refractivity contribution in [3.8, 4) is 11.5 Å². The van der Waals surface area contributed by atoms with Crippen molar-refractivity contribution in [2.45, 2.75) is 43.0 Å². The van der Waals surface area contributed by atoms with Crippen LogP contribution in [-0.2, 0) is 24.4 Å². The van der Waals surface area contributed by atoms with Crippen molar-refractivity contribution < 1.29 is 28.5 Å². The molecule has 0 amide bonds. The molecular formula is C18H22O6. The Morgan fingerprint density at radius 2 is 1.83 bits per heavy atom. The number of carbonyl (C=O) groups excluding carboxylic acids is 1. The van der Waals surface area contributed by atoms with Gasteiger partial charge in [0, 0.05) is 18.3 Å². The summed E-state index contributed by atoms with van der Waals surface area (Å²) in [6, 6.07) is 5.85. The van der Waals surface area contributed by atoms with Crippen LogP contribution in [-0.4, -0.2) is 45.3 Å². The number of fused-ring (bicyclic) bond motifs is 1. The number of benzene rings is 1. The quantitative estimate of drug-likeness (QED) is 0.790. The number of esters is 1. The van der Waals surface area contributed by atoms with Gasteiger partial charge in [-0.2, -0.15) is 0 Å². The smallest absolute Gasteiger partial charge is 0.307 e. The Kier molecular flexibility index (Phi) is 3.69. The maximum atomic E-state index is 12.1. The second-order valence-corrected chi connectivity index (χ2v) is 6.69. The summed E-state index contributed by atoms with van der Waals surface area (Å²) in [6.07, 6.45) is 2.25. The first-order chi connectivity index (χ1) is 11.6. The fourth-order valence-electron chi connectivity index (χ4n) is 4.31. The van der Waals surface area contributed by atoms with E-state index in [1.165, 1.54) is 0 Å². The molecule has 6 nitrogen and oxygen atoms in total. The van der Waals surface area contributed by atoms with Gasteiger partial charge in [0.15, 0.2) is 17.3 Å². The Labute approximate surface area is 141 Å². The maximum absolute atomic E-state index is 12.1. The molecule has 2 atom stereocenters. The molecule has 24 heavy (non-hydrogen) atoms. The van der Waals surface area contributed by atoms with Gasteiger partial charge >= 0.3 is 5.97 Å². The fraction of sp³-hybridized carbons (Fsp3) is 0.611. The molecule has 1 aromatic rings. The van der Waals surface area contributed by atoms with Crippen LogP contribution in [0.1, 0.15) is 31.2 Å². The lowest BCUT2D eigenvalue weighted by Gasteiger charge is -2.44. The molecule has 4 rings (SSSR count). The predicted octanol–water partition coefficient (Wildman–Crippen LogP) is 2.18. The molecule has 1 spiro atoms. The molecule has 2 heterocycles. The lowest BCUT2D eigenvalue weighted by atomic mass is 9.65. The standard InChI is InChI=1S/C18H22O6/c1-20-13-4-3-12(9-14(13)21-2)17-5-6-18(22-7-8-23-18)10-15(17)24-16(19)11-17/h3-4,9,15H,5-8,10-11H2,1-2H3/t15-,17-/m0/s1. The van der Waals surface area contributed by atoms with Gasteiger partial charge in [-0.25, -0.2) is 0 Å². The molecule has 0 N–H and O–H groups in total. The molecule has 1 aromatic carbocycles. The van der Waals surface area contributed by atoms with Gasteiger partial charge in [-0.15, -0.1) is 0 Å². The van der Waals surface area contributed by atoms with Crippen molar-refractivity contribution in [1.29, 1.82) is 0 Å². The van der Waals surface area contributed by atoms with E-state index in [1.807, 2.05) is 18.2 Å². The molecule has 1 aliphatic carbocycles. The third-order valence-corrected chi connectivity index (χ3v) is 5.57. The third kappa shape index (κ3) is 2.28. The summed E-state index contributed by atoms with van der Waals surface area (Å²) in [5, 5.41) is 0. The predicted molar refractivity (Wildman–Crippen MR) is 84.2 cm³/mol. The second kappa shape index (κ2) is 5.63. The molecular weight excluding hydrogens is 312 g/mol. The molecule has 130 valence electrons. The Bertz CT molecular complexity index is 651. The van der Waals surface area contributed by atoms with E-state index in [1.54, 1.807) is 14.2 Å². The number of ether oxygens (including phenoxy) is 5. The van der Waals surface area contributed by atoms with Gasteiger partial charge in [0.2, 0.25) is 0 Å². The van der Waals surface area contributed by atoms with Gasteiger partial charge in [0.1, 0.15) is 6.10 Å². The molecule has 3 aliphatic rings. The first kappa shape index (κ1) is 15.7. The van der Waals surface area contributed by atoms with Crippen LogP contribution in [0.25, 0.3) is 0 Å². The molecule has 0 aromatic heterocycles. The van der Waals surface area contributed by atoms with E-state index in [4.69, 9.17) is 23.7 Å². The second-order valence-electron chi connectivity index (χ2n) is 6.69. The SMILES string of the molecule is COc1ccc([C@@]23CCC4(C[C@@H]2OC(=O)C3)OCCO4)cc1OC. The summed E-state index contributed by atoms with van der Waals surface area (Å²) < 4.78 is 28.1. The van der Waals surface area contributed by atoms with Crippen molar-refractivity contribution in [2.24, 2.45) is 0 Å². The summed E-state index contributed by atoms with van der Waals surface area (Å²) >= 11 is 0. The van der Waals surface area contributed by atoms with Crippen LogP contribution >= 0.6 is 0 Å². The highest BCUT2D eigenvalue weighted by molar-refractivity contribution is 5.75. The van der Waals surface area contributed by atoms with E-state index in [0.29, 0.717) is 37.6 Å². The normalized spacial score (nSPS) is 30.9. The number of hydrogen-bond acceptors (Lipinski definition) is 6. The zero-order chi connectivity index (χ0) is 16.8. The Morgan fingerprint density at radius 3 is 2.54 bits per heavy atom. The average molecular weight is 334 g/mol. The molecule has 2 aliphatic heterocycles. The van der Waals surface area contributed by atoms with Crippen LogP contribution in [0.15, 0.2) is 18.2 Å². The van der Waals surface area contributed by atoms with Crippen LogP contribution in [0.4, 0.5) is 0 Å². The van der Waals surface area contributed by atoms with Gasteiger partial charge in [0.25, 0.3) is 0 Å². The molecule has 1 saturated carbocycles.